The van der Waals surface area contributed by atoms with Gasteiger partial charge in [0.1, 0.15) is 0 Å². The summed E-state index contributed by atoms with van der Waals surface area (Å²) in [7, 11) is -4.67. The standard InChI is InChI=1S/C2H4O2.2H3N.H2O4S.Sr.2H/c1-2(3)4;;;1-5(2,3)4;;;/h1H3,(H,3,4);2*1H3;(H2,1,2,3,4);;;/q;;;;+2;2*-1. The molecular weight excluding hydrogens is 268 g/mol. The third-order valence-electron chi connectivity index (χ3n) is 0. The van der Waals surface area contributed by atoms with Crippen LogP contribution in [0.5, 0.6) is 0 Å². The van der Waals surface area contributed by atoms with Crippen molar-refractivity contribution in [3.8, 4) is 0 Å². The third-order valence-corrected chi connectivity index (χ3v) is 0. The molecule has 10 heteroatoms. The maximum atomic E-state index is 9.00. The molecule has 0 aromatic rings. The summed E-state index contributed by atoms with van der Waals surface area (Å²) < 4.78 is 31.6. The number of carboxylic acids is 1. The fraction of sp³-hybridized carbons (Fsp3) is 0.500. The summed E-state index contributed by atoms with van der Waals surface area (Å²) in [6.45, 7) is 1.08. The van der Waals surface area contributed by atoms with Crippen molar-refractivity contribution in [3.63, 3.8) is 0 Å². The molecule has 0 rings (SSSR count). The summed E-state index contributed by atoms with van der Waals surface area (Å²) in [6.07, 6.45) is 0. The number of rotatable bonds is 0. The monoisotopic (exact) mass is 282 g/mol. The van der Waals surface area contributed by atoms with Gasteiger partial charge in [-0.2, -0.15) is 8.42 Å². The zero-order valence-corrected chi connectivity index (χ0v) is 10.9. The molecule has 0 aromatic heterocycles. The smallest absolute Gasteiger partial charge is 1.00 e. The summed E-state index contributed by atoms with van der Waals surface area (Å²) in [5.41, 5.74) is 0. The molecule has 0 saturated heterocycles. The van der Waals surface area contributed by atoms with E-state index in [2.05, 4.69) is 0 Å². The Morgan fingerprint density at radius 3 is 1.25 bits per heavy atom. The molecule has 0 spiro atoms. The second-order valence-corrected chi connectivity index (χ2v) is 1.86. The van der Waals surface area contributed by atoms with E-state index in [1.54, 1.807) is 0 Å². The van der Waals surface area contributed by atoms with Crippen LogP contribution in [0.15, 0.2) is 0 Å². The fourth-order valence-electron chi connectivity index (χ4n) is 0. The van der Waals surface area contributed by atoms with Crippen LogP contribution in [0.25, 0.3) is 0 Å². The van der Waals surface area contributed by atoms with Crippen molar-refractivity contribution in [1.82, 2.24) is 12.3 Å². The molecule has 9 N–H and O–H groups in total. The maximum Gasteiger partial charge on any atom is 2.00 e. The summed E-state index contributed by atoms with van der Waals surface area (Å²) in [5, 5.41) is 7.42. The predicted octanol–water partition coefficient (Wildman–Crippen LogP) is -0.394. The number of hydrogen-bond acceptors (Lipinski definition) is 5. The van der Waals surface area contributed by atoms with Gasteiger partial charge in [0.2, 0.25) is 0 Å². The van der Waals surface area contributed by atoms with Crippen LogP contribution in [0.2, 0.25) is 0 Å². The largest absolute Gasteiger partial charge is 2.00 e. The van der Waals surface area contributed by atoms with Crippen molar-refractivity contribution >= 4 is 61.8 Å². The maximum absolute atomic E-state index is 9.00. The van der Waals surface area contributed by atoms with E-state index >= 15 is 0 Å². The first-order valence-corrected chi connectivity index (χ1v) is 3.02. The molecule has 0 unspecified atom stereocenters. The van der Waals surface area contributed by atoms with Crippen molar-refractivity contribution in [2.75, 3.05) is 0 Å². The minimum atomic E-state index is -4.67. The summed E-state index contributed by atoms with van der Waals surface area (Å²) >= 11 is 0. The third kappa shape index (κ3) is 1860. The van der Waals surface area contributed by atoms with Crippen molar-refractivity contribution in [1.29, 1.82) is 0 Å². The van der Waals surface area contributed by atoms with Crippen molar-refractivity contribution < 1.29 is 30.3 Å². The van der Waals surface area contributed by atoms with E-state index in [-0.39, 0.29) is 60.6 Å². The van der Waals surface area contributed by atoms with Crippen molar-refractivity contribution in [2.45, 2.75) is 6.92 Å². The molecule has 0 saturated carbocycles. The van der Waals surface area contributed by atoms with Crippen LogP contribution in [0.3, 0.4) is 0 Å². The van der Waals surface area contributed by atoms with Crippen molar-refractivity contribution in [3.05, 3.63) is 0 Å². The van der Waals surface area contributed by atoms with Gasteiger partial charge in [0, 0.05) is 6.92 Å². The van der Waals surface area contributed by atoms with E-state index in [4.69, 9.17) is 27.4 Å². The Bertz CT molecular complexity index is 174. The van der Waals surface area contributed by atoms with Crippen LogP contribution >= 0.6 is 0 Å². The topological polar surface area (TPSA) is 182 Å². The van der Waals surface area contributed by atoms with Crippen LogP contribution in [0.1, 0.15) is 9.78 Å². The SMILES string of the molecule is CC(=O)O.N.N.O=S(=O)(O)O.[H-].[H-].[Sr+2]. The van der Waals surface area contributed by atoms with E-state index in [0.717, 1.165) is 6.92 Å². The van der Waals surface area contributed by atoms with Crippen LogP contribution < -0.4 is 12.3 Å². The summed E-state index contributed by atoms with van der Waals surface area (Å²) in [4.78, 5) is 9.00. The average Bonchev–Trinajstić information content (AvgIpc) is 1.19. The molecule has 12 heavy (non-hydrogen) atoms. The van der Waals surface area contributed by atoms with Gasteiger partial charge in [-0.1, -0.05) is 0 Å². The molecule has 0 bridgehead atoms. The molecule has 0 aliphatic rings. The van der Waals surface area contributed by atoms with E-state index < -0.39 is 16.4 Å². The van der Waals surface area contributed by atoms with Crippen LogP contribution in [0.4, 0.5) is 0 Å². The number of carboxylic acid groups (broad SMARTS) is 1. The van der Waals surface area contributed by atoms with Gasteiger partial charge >= 0.3 is 55.9 Å². The number of carbonyl (C=O) groups is 1. The van der Waals surface area contributed by atoms with Gasteiger partial charge in [0.25, 0.3) is 5.97 Å². The summed E-state index contributed by atoms with van der Waals surface area (Å²) in [6, 6.07) is 0. The molecule has 0 fully saturated rings. The number of aliphatic carboxylic acids is 1. The van der Waals surface area contributed by atoms with Gasteiger partial charge in [-0.05, 0) is 0 Å². The minimum absolute atomic E-state index is 0. The molecule has 0 amide bonds. The quantitative estimate of drug-likeness (QED) is 0.293. The zero-order valence-electron chi connectivity index (χ0n) is 8.60. The second kappa shape index (κ2) is 14.3. The molecule has 0 heterocycles. The van der Waals surface area contributed by atoms with Gasteiger partial charge in [-0.3, -0.25) is 13.9 Å². The Morgan fingerprint density at radius 1 is 1.25 bits per heavy atom. The van der Waals surface area contributed by atoms with Gasteiger partial charge in [-0.15, -0.1) is 0 Å². The van der Waals surface area contributed by atoms with E-state index in [9.17, 15) is 0 Å². The van der Waals surface area contributed by atoms with Gasteiger partial charge in [-0.25, -0.2) is 0 Å². The Labute approximate surface area is 110 Å². The normalized spacial score (nSPS) is 6.92. The van der Waals surface area contributed by atoms with Crippen molar-refractivity contribution in [2.24, 2.45) is 0 Å². The number of hydrogen-bond donors (Lipinski definition) is 5. The molecule has 0 aliphatic heterocycles. The zero-order chi connectivity index (χ0) is 8.08. The van der Waals surface area contributed by atoms with Gasteiger partial charge < -0.3 is 20.3 Å². The molecule has 0 radical (unpaired) electrons. The molecule has 0 aliphatic carbocycles. The average molecular weight is 282 g/mol. The first-order chi connectivity index (χ1) is 3.73. The Balaban J connectivity index is -0.0000000104. The van der Waals surface area contributed by atoms with E-state index in [1.165, 1.54) is 0 Å². The van der Waals surface area contributed by atoms with E-state index in [0.29, 0.717) is 0 Å². The van der Waals surface area contributed by atoms with Crippen LogP contribution in [-0.2, 0) is 15.2 Å². The van der Waals surface area contributed by atoms with Crippen LogP contribution in [-0.4, -0.2) is 74.1 Å². The minimum Gasteiger partial charge on any atom is -1.00 e. The van der Waals surface area contributed by atoms with Gasteiger partial charge in [0.15, 0.2) is 0 Å². The molecule has 76 valence electrons. The first kappa shape index (κ1) is 29.3. The molecule has 0 aromatic carbocycles. The molecule has 8 nitrogen and oxygen atoms in total. The van der Waals surface area contributed by atoms with Crippen LogP contribution in [0, 0.1) is 0 Å². The summed E-state index contributed by atoms with van der Waals surface area (Å²) in [5.74, 6) is -0.833. The van der Waals surface area contributed by atoms with Gasteiger partial charge in [0.05, 0.1) is 0 Å². The van der Waals surface area contributed by atoms with E-state index in [1.807, 2.05) is 0 Å². The Morgan fingerprint density at radius 2 is 1.25 bits per heavy atom. The Kier molecular flexibility index (Phi) is 34.9. The Hall–Kier alpha value is 0.741. The second-order valence-electron chi connectivity index (χ2n) is 0.967. The molecule has 0 atom stereocenters. The fourth-order valence-corrected chi connectivity index (χ4v) is 0. The molecular formula is C2H14N2O6SSr. The first-order valence-electron chi connectivity index (χ1n) is 1.63. The predicted molar refractivity (Wildman–Crippen MR) is 45.5 cm³/mol.